The Morgan fingerprint density at radius 1 is 1.17 bits per heavy atom. The Balaban J connectivity index is 0.00000240. The number of thiophene rings is 1. The second kappa shape index (κ2) is 9.15. The lowest BCUT2D eigenvalue weighted by molar-refractivity contribution is 0.0692. The number of nitrogens with one attached hydrogen (secondary N) is 2. The molecular formula is C21H27ClN4O2S. The molecule has 1 spiro atoms. The Kier molecular flexibility index (Phi) is 6.82. The number of rotatable bonds is 6. The summed E-state index contributed by atoms with van der Waals surface area (Å²) in [6.07, 6.45) is 3.39. The van der Waals surface area contributed by atoms with Gasteiger partial charge in [-0.25, -0.2) is 4.79 Å². The van der Waals surface area contributed by atoms with Crippen molar-refractivity contribution in [2.75, 3.05) is 13.1 Å². The Morgan fingerprint density at radius 3 is 2.52 bits per heavy atom. The zero-order valence-corrected chi connectivity index (χ0v) is 17.9. The Labute approximate surface area is 181 Å². The van der Waals surface area contributed by atoms with Crippen molar-refractivity contribution in [2.45, 2.75) is 38.4 Å². The predicted molar refractivity (Wildman–Crippen MR) is 117 cm³/mol. The molecule has 8 heteroatoms. The smallest absolute Gasteiger partial charge is 0.312 e. The van der Waals surface area contributed by atoms with Crippen LogP contribution in [-0.2, 0) is 13.1 Å². The molecule has 4 N–H and O–H groups in total. The van der Waals surface area contributed by atoms with Gasteiger partial charge in [0.05, 0.1) is 0 Å². The Hall–Kier alpha value is -2.09. The van der Waals surface area contributed by atoms with Crippen molar-refractivity contribution in [3.8, 4) is 0 Å². The molecule has 6 nitrogen and oxygen atoms in total. The molecule has 2 aliphatic rings. The van der Waals surface area contributed by atoms with Crippen LogP contribution >= 0.6 is 23.7 Å². The zero-order valence-electron chi connectivity index (χ0n) is 16.2. The van der Waals surface area contributed by atoms with Gasteiger partial charge in [-0.1, -0.05) is 12.1 Å². The van der Waals surface area contributed by atoms with Gasteiger partial charge in [0.15, 0.2) is 0 Å². The number of carbonyl (C=O) groups is 2. The van der Waals surface area contributed by atoms with Gasteiger partial charge in [-0.2, -0.15) is 11.3 Å². The summed E-state index contributed by atoms with van der Waals surface area (Å²) in [5.74, 6) is 0.0843. The standard InChI is InChI=1S/C21H26N4O2S.ClH/c22-20(27)24-12-15-1-3-17(4-2-15)19(26)25(13-16-5-10-28-14-16)18-11-21(18)6-8-23-9-7-21;/h1-5,10,14,18,23H,6-9,11-13H2,(H3,22,24,27);1H. The summed E-state index contributed by atoms with van der Waals surface area (Å²) in [4.78, 5) is 26.3. The average molecular weight is 435 g/mol. The average Bonchev–Trinajstić information content (AvgIpc) is 3.13. The van der Waals surface area contributed by atoms with Crippen LogP contribution in [0.5, 0.6) is 0 Å². The first-order chi connectivity index (χ1) is 13.6. The van der Waals surface area contributed by atoms with E-state index in [-0.39, 0.29) is 18.3 Å². The summed E-state index contributed by atoms with van der Waals surface area (Å²) in [5, 5.41) is 10.2. The number of amides is 3. The molecule has 1 atom stereocenters. The van der Waals surface area contributed by atoms with E-state index >= 15 is 0 Å². The number of halogens is 1. The van der Waals surface area contributed by atoms with Gasteiger partial charge in [0.1, 0.15) is 0 Å². The van der Waals surface area contributed by atoms with Crippen LogP contribution in [0.1, 0.15) is 40.7 Å². The number of primary amides is 1. The van der Waals surface area contributed by atoms with Crippen molar-refractivity contribution in [2.24, 2.45) is 11.1 Å². The van der Waals surface area contributed by atoms with Crippen LogP contribution in [0.3, 0.4) is 0 Å². The maximum Gasteiger partial charge on any atom is 0.312 e. The van der Waals surface area contributed by atoms with E-state index in [9.17, 15) is 9.59 Å². The first-order valence-electron chi connectivity index (χ1n) is 9.72. The maximum atomic E-state index is 13.4. The molecule has 1 aliphatic heterocycles. The number of carbonyl (C=O) groups excluding carboxylic acids is 2. The summed E-state index contributed by atoms with van der Waals surface area (Å²) in [5.41, 5.74) is 8.21. The summed E-state index contributed by atoms with van der Waals surface area (Å²) in [6.45, 7) is 3.10. The molecule has 156 valence electrons. The molecule has 1 aromatic heterocycles. The van der Waals surface area contributed by atoms with E-state index in [4.69, 9.17) is 5.73 Å². The first kappa shape index (κ1) is 21.6. The molecule has 29 heavy (non-hydrogen) atoms. The first-order valence-corrected chi connectivity index (χ1v) is 10.7. The van der Waals surface area contributed by atoms with Crippen molar-refractivity contribution in [3.63, 3.8) is 0 Å². The third-order valence-corrected chi connectivity index (χ3v) is 6.72. The molecule has 2 fully saturated rings. The second-order valence-electron chi connectivity index (χ2n) is 7.81. The quantitative estimate of drug-likeness (QED) is 0.652. The van der Waals surface area contributed by atoms with Crippen LogP contribution in [0.25, 0.3) is 0 Å². The molecule has 1 aliphatic carbocycles. The van der Waals surface area contributed by atoms with Crippen LogP contribution in [0.4, 0.5) is 4.79 Å². The zero-order chi connectivity index (χ0) is 19.6. The summed E-state index contributed by atoms with van der Waals surface area (Å²) >= 11 is 1.67. The number of hydrogen-bond acceptors (Lipinski definition) is 4. The van der Waals surface area contributed by atoms with Gasteiger partial charge in [-0.05, 0) is 77.9 Å². The van der Waals surface area contributed by atoms with Crippen LogP contribution in [-0.4, -0.2) is 36.0 Å². The molecule has 2 heterocycles. The summed E-state index contributed by atoms with van der Waals surface area (Å²) < 4.78 is 0. The van der Waals surface area contributed by atoms with Gasteiger partial charge in [0.25, 0.3) is 5.91 Å². The number of urea groups is 1. The van der Waals surface area contributed by atoms with E-state index in [1.807, 2.05) is 24.3 Å². The van der Waals surface area contributed by atoms with E-state index in [1.54, 1.807) is 11.3 Å². The third-order valence-electron chi connectivity index (χ3n) is 5.98. The van der Waals surface area contributed by atoms with Crippen LogP contribution < -0.4 is 16.4 Å². The molecule has 1 unspecified atom stereocenters. The van der Waals surface area contributed by atoms with E-state index < -0.39 is 6.03 Å². The van der Waals surface area contributed by atoms with E-state index in [2.05, 4.69) is 32.4 Å². The van der Waals surface area contributed by atoms with Crippen LogP contribution in [0, 0.1) is 5.41 Å². The lowest BCUT2D eigenvalue weighted by Crippen LogP contribution is -2.39. The molecule has 4 rings (SSSR count). The van der Waals surface area contributed by atoms with E-state index in [0.29, 0.717) is 30.1 Å². The maximum absolute atomic E-state index is 13.4. The largest absolute Gasteiger partial charge is 0.352 e. The third kappa shape index (κ3) is 4.91. The summed E-state index contributed by atoms with van der Waals surface area (Å²) in [6, 6.07) is 9.30. The predicted octanol–water partition coefficient (Wildman–Crippen LogP) is 3.12. The minimum Gasteiger partial charge on any atom is -0.352 e. The SMILES string of the molecule is Cl.NC(=O)NCc1ccc(C(=O)N(Cc2ccsc2)C2CC23CCNCC3)cc1. The molecule has 0 radical (unpaired) electrons. The summed E-state index contributed by atoms with van der Waals surface area (Å²) in [7, 11) is 0. The minimum absolute atomic E-state index is 0. The second-order valence-corrected chi connectivity index (χ2v) is 8.59. The number of benzene rings is 1. The molecule has 1 aromatic carbocycles. The lowest BCUT2D eigenvalue weighted by atomic mass is 9.93. The Bertz CT molecular complexity index is 835. The number of nitrogens with zero attached hydrogens (tertiary/aromatic N) is 1. The fraction of sp³-hybridized carbons (Fsp3) is 0.429. The van der Waals surface area contributed by atoms with Gasteiger partial charge in [0.2, 0.25) is 0 Å². The van der Waals surface area contributed by atoms with E-state index in [0.717, 1.165) is 37.9 Å². The van der Waals surface area contributed by atoms with E-state index in [1.165, 1.54) is 5.56 Å². The van der Waals surface area contributed by atoms with Crippen molar-refractivity contribution in [1.82, 2.24) is 15.5 Å². The topological polar surface area (TPSA) is 87.5 Å². The molecule has 3 amide bonds. The highest BCUT2D eigenvalue weighted by molar-refractivity contribution is 7.07. The fourth-order valence-corrected chi connectivity index (χ4v) is 4.91. The van der Waals surface area contributed by atoms with Gasteiger partial charge in [-0.3, -0.25) is 4.79 Å². The van der Waals surface area contributed by atoms with Crippen molar-refractivity contribution in [3.05, 3.63) is 57.8 Å². The number of piperidine rings is 1. The molecular weight excluding hydrogens is 408 g/mol. The van der Waals surface area contributed by atoms with Crippen molar-refractivity contribution in [1.29, 1.82) is 0 Å². The Morgan fingerprint density at radius 2 is 1.90 bits per heavy atom. The van der Waals surface area contributed by atoms with Crippen molar-refractivity contribution >= 4 is 35.7 Å². The molecule has 0 bridgehead atoms. The van der Waals surface area contributed by atoms with Crippen LogP contribution in [0.2, 0.25) is 0 Å². The molecule has 2 aromatic rings. The fourth-order valence-electron chi connectivity index (χ4n) is 4.25. The minimum atomic E-state index is -0.553. The van der Waals surface area contributed by atoms with Crippen LogP contribution in [0.15, 0.2) is 41.1 Å². The molecule has 1 saturated heterocycles. The van der Waals surface area contributed by atoms with Gasteiger partial charge in [-0.15, -0.1) is 12.4 Å². The number of hydrogen-bond donors (Lipinski definition) is 3. The van der Waals surface area contributed by atoms with Crippen molar-refractivity contribution < 1.29 is 9.59 Å². The number of nitrogens with two attached hydrogens (primary N) is 1. The lowest BCUT2D eigenvalue weighted by Gasteiger charge is -2.29. The highest BCUT2D eigenvalue weighted by Gasteiger charge is 2.57. The highest BCUT2D eigenvalue weighted by atomic mass is 35.5. The van der Waals surface area contributed by atoms with Gasteiger partial charge in [0, 0.05) is 24.7 Å². The van der Waals surface area contributed by atoms with Gasteiger partial charge < -0.3 is 21.3 Å². The normalized spacial score (nSPS) is 19.2. The highest BCUT2D eigenvalue weighted by Crippen LogP contribution is 2.56. The van der Waals surface area contributed by atoms with Gasteiger partial charge >= 0.3 is 6.03 Å². The molecule has 1 saturated carbocycles. The monoisotopic (exact) mass is 434 g/mol.